The molecule has 0 spiro atoms. The van der Waals surface area contributed by atoms with Crippen LogP contribution < -0.4 is 15.8 Å². The van der Waals surface area contributed by atoms with Crippen molar-refractivity contribution in [1.82, 2.24) is 10.9 Å². The number of nitrogens with zero attached hydrogens (tertiary/aromatic N) is 1. The number of furan rings is 1. The molecule has 0 bridgehead atoms. The van der Waals surface area contributed by atoms with E-state index in [2.05, 4.69) is 17.8 Å². The molecule has 1 saturated heterocycles. The standard InChI is InChI=1S/C20H23N3O4/c1-4-14-5-7-16(8-6-14)23-11-15(10-18(23)24)19(25)21-22-20(26)17-9-12(2)27-13(17)3/h5-9,15H,4,10-11H2,1-3H3,(H,21,25)(H,22,26)/t15-/m1/s1. The van der Waals surface area contributed by atoms with Crippen LogP contribution in [-0.2, 0) is 16.0 Å². The maximum absolute atomic E-state index is 12.4. The van der Waals surface area contributed by atoms with Crippen molar-refractivity contribution >= 4 is 23.4 Å². The van der Waals surface area contributed by atoms with Gasteiger partial charge in [0.25, 0.3) is 5.91 Å². The lowest BCUT2D eigenvalue weighted by Crippen LogP contribution is -2.45. The maximum Gasteiger partial charge on any atom is 0.273 e. The summed E-state index contributed by atoms with van der Waals surface area (Å²) in [7, 11) is 0. The number of anilines is 1. The van der Waals surface area contributed by atoms with E-state index in [0.29, 0.717) is 17.1 Å². The fourth-order valence-electron chi connectivity index (χ4n) is 3.19. The van der Waals surface area contributed by atoms with Gasteiger partial charge in [0.1, 0.15) is 11.5 Å². The fraction of sp³-hybridized carbons (Fsp3) is 0.350. The lowest BCUT2D eigenvalue weighted by Gasteiger charge is -2.17. The summed E-state index contributed by atoms with van der Waals surface area (Å²) in [6.45, 7) is 5.78. The molecule has 7 nitrogen and oxygen atoms in total. The van der Waals surface area contributed by atoms with Crippen LogP contribution in [0.4, 0.5) is 5.69 Å². The quantitative estimate of drug-likeness (QED) is 0.809. The van der Waals surface area contributed by atoms with Gasteiger partial charge in [-0.05, 0) is 44.0 Å². The average molecular weight is 369 g/mol. The summed E-state index contributed by atoms with van der Waals surface area (Å²) in [6, 6.07) is 9.35. The summed E-state index contributed by atoms with van der Waals surface area (Å²) in [5.74, 6) is -0.355. The number of hydrazine groups is 1. The van der Waals surface area contributed by atoms with Gasteiger partial charge in [0.2, 0.25) is 11.8 Å². The highest BCUT2D eigenvalue weighted by atomic mass is 16.3. The van der Waals surface area contributed by atoms with E-state index >= 15 is 0 Å². The van der Waals surface area contributed by atoms with Gasteiger partial charge >= 0.3 is 0 Å². The Morgan fingerprint density at radius 1 is 1.19 bits per heavy atom. The molecule has 7 heteroatoms. The predicted octanol–water partition coefficient (Wildman–Crippen LogP) is 2.27. The van der Waals surface area contributed by atoms with Crippen molar-refractivity contribution in [2.24, 2.45) is 5.92 Å². The van der Waals surface area contributed by atoms with Crippen molar-refractivity contribution in [2.75, 3.05) is 11.4 Å². The van der Waals surface area contributed by atoms with E-state index in [9.17, 15) is 14.4 Å². The van der Waals surface area contributed by atoms with Crippen molar-refractivity contribution in [1.29, 1.82) is 0 Å². The van der Waals surface area contributed by atoms with Crippen molar-refractivity contribution in [2.45, 2.75) is 33.6 Å². The molecule has 2 aromatic rings. The fourth-order valence-corrected chi connectivity index (χ4v) is 3.19. The second-order valence-corrected chi connectivity index (χ2v) is 6.70. The molecule has 1 atom stereocenters. The largest absolute Gasteiger partial charge is 0.466 e. The van der Waals surface area contributed by atoms with Crippen LogP contribution >= 0.6 is 0 Å². The Balaban J connectivity index is 1.58. The average Bonchev–Trinajstić information content (AvgIpc) is 3.21. The van der Waals surface area contributed by atoms with Gasteiger partial charge < -0.3 is 9.32 Å². The molecule has 1 aromatic heterocycles. The second kappa shape index (κ2) is 7.65. The summed E-state index contributed by atoms with van der Waals surface area (Å²) < 4.78 is 5.31. The normalized spacial score (nSPS) is 16.5. The first-order valence-corrected chi connectivity index (χ1v) is 8.95. The third-order valence-corrected chi connectivity index (χ3v) is 4.74. The minimum atomic E-state index is -0.518. The SMILES string of the molecule is CCc1ccc(N2C[C@H](C(=O)NNC(=O)c3cc(C)oc3C)CC2=O)cc1. The smallest absolute Gasteiger partial charge is 0.273 e. The summed E-state index contributed by atoms with van der Waals surface area (Å²) in [5, 5.41) is 0. The number of rotatable bonds is 4. The monoisotopic (exact) mass is 369 g/mol. The molecule has 0 aliphatic carbocycles. The zero-order chi connectivity index (χ0) is 19.6. The Bertz CT molecular complexity index is 870. The van der Waals surface area contributed by atoms with Crippen LogP contribution in [0.1, 0.15) is 40.8 Å². The number of benzene rings is 1. The van der Waals surface area contributed by atoms with E-state index in [1.807, 2.05) is 24.3 Å². The van der Waals surface area contributed by atoms with Crippen LogP contribution in [0.3, 0.4) is 0 Å². The lowest BCUT2D eigenvalue weighted by atomic mass is 10.1. The number of carbonyl (C=O) groups is 3. The maximum atomic E-state index is 12.4. The number of hydrogen-bond acceptors (Lipinski definition) is 4. The Morgan fingerprint density at radius 3 is 2.48 bits per heavy atom. The number of aryl methyl sites for hydroxylation is 3. The molecule has 1 aliphatic rings. The highest BCUT2D eigenvalue weighted by Gasteiger charge is 2.35. The van der Waals surface area contributed by atoms with Gasteiger partial charge in [0.05, 0.1) is 11.5 Å². The van der Waals surface area contributed by atoms with Crippen LogP contribution in [0.2, 0.25) is 0 Å². The molecule has 1 fully saturated rings. The van der Waals surface area contributed by atoms with E-state index in [1.165, 1.54) is 5.56 Å². The van der Waals surface area contributed by atoms with Gasteiger partial charge in [-0.3, -0.25) is 25.2 Å². The van der Waals surface area contributed by atoms with Crippen LogP contribution in [0.15, 0.2) is 34.7 Å². The zero-order valence-electron chi connectivity index (χ0n) is 15.7. The van der Waals surface area contributed by atoms with E-state index in [-0.39, 0.29) is 24.8 Å². The van der Waals surface area contributed by atoms with Crippen LogP contribution in [0.25, 0.3) is 0 Å². The van der Waals surface area contributed by atoms with Gasteiger partial charge in [0, 0.05) is 18.7 Å². The molecule has 2 N–H and O–H groups in total. The predicted molar refractivity (Wildman–Crippen MR) is 100 cm³/mol. The highest BCUT2D eigenvalue weighted by molar-refractivity contribution is 6.01. The molecular weight excluding hydrogens is 346 g/mol. The Morgan fingerprint density at radius 2 is 1.89 bits per heavy atom. The van der Waals surface area contributed by atoms with Gasteiger partial charge in [0.15, 0.2) is 0 Å². The van der Waals surface area contributed by atoms with Gasteiger partial charge in [-0.25, -0.2) is 0 Å². The van der Waals surface area contributed by atoms with Crippen LogP contribution in [0, 0.1) is 19.8 Å². The number of hydrogen-bond donors (Lipinski definition) is 2. The van der Waals surface area contributed by atoms with Crippen molar-refractivity contribution in [3.05, 3.63) is 53.0 Å². The summed E-state index contributed by atoms with van der Waals surface area (Å²) in [6.07, 6.45) is 1.04. The number of amides is 3. The van der Waals surface area contributed by atoms with Crippen molar-refractivity contribution in [3.63, 3.8) is 0 Å². The third-order valence-electron chi connectivity index (χ3n) is 4.74. The minimum absolute atomic E-state index is 0.105. The first-order valence-electron chi connectivity index (χ1n) is 8.95. The Labute approximate surface area is 157 Å². The molecular formula is C20H23N3O4. The van der Waals surface area contributed by atoms with Crippen molar-refractivity contribution < 1.29 is 18.8 Å². The molecule has 1 aromatic carbocycles. The number of carbonyl (C=O) groups excluding carboxylic acids is 3. The molecule has 3 amide bonds. The second-order valence-electron chi connectivity index (χ2n) is 6.70. The summed E-state index contributed by atoms with van der Waals surface area (Å²) in [4.78, 5) is 38.4. The first-order chi connectivity index (χ1) is 12.9. The van der Waals surface area contributed by atoms with E-state index in [1.54, 1.807) is 24.8 Å². The molecule has 0 radical (unpaired) electrons. The highest BCUT2D eigenvalue weighted by Crippen LogP contribution is 2.25. The Hall–Kier alpha value is -3.09. The van der Waals surface area contributed by atoms with Gasteiger partial charge in [-0.2, -0.15) is 0 Å². The molecule has 2 heterocycles. The molecule has 1 aliphatic heterocycles. The van der Waals surface area contributed by atoms with E-state index in [0.717, 1.165) is 12.1 Å². The minimum Gasteiger partial charge on any atom is -0.466 e. The molecule has 142 valence electrons. The Kier molecular flexibility index (Phi) is 5.30. The zero-order valence-corrected chi connectivity index (χ0v) is 15.7. The van der Waals surface area contributed by atoms with Crippen LogP contribution in [0.5, 0.6) is 0 Å². The summed E-state index contributed by atoms with van der Waals surface area (Å²) in [5.41, 5.74) is 7.13. The van der Waals surface area contributed by atoms with Crippen LogP contribution in [-0.4, -0.2) is 24.3 Å². The third kappa shape index (κ3) is 4.02. The molecule has 0 unspecified atom stereocenters. The van der Waals surface area contributed by atoms with Gasteiger partial charge in [-0.1, -0.05) is 19.1 Å². The van der Waals surface area contributed by atoms with Gasteiger partial charge in [-0.15, -0.1) is 0 Å². The molecule has 0 saturated carbocycles. The topological polar surface area (TPSA) is 91.7 Å². The van der Waals surface area contributed by atoms with E-state index in [4.69, 9.17) is 4.42 Å². The first kappa shape index (κ1) is 18.7. The van der Waals surface area contributed by atoms with E-state index < -0.39 is 11.8 Å². The van der Waals surface area contributed by atoms with Crippen molar-refractivity contribution in [3.8, 4) is 0 Å². The number of nitrogens with one attached hydrogen (secondary N) is 2. The lowest BCUT2D eigenvalue weighted by molar-refractivity contribution is -0.126. The summed E-state index contributed by atoms with van der Waals surface area (Å²) >= 11 is 0. The molecule has 3 rings (SSSR count). The molecule has 27 heavy (non-hydrogen) atoms.